The lowest BCUT2D eigenvalue weighted by molar-refractivity contribution is 0.893. The molecule has 0 radical (unpaired) electrons. The first-order chi connectivity index (χ1) is 11.8. The molecule has 0 aliphatic carbocycles. The topological polar surface area (TPSA) is 68.5 Å². The van der Waals surface area contributed by atoms with Crippen LogP contribution in [0.4, 0.5) is 5.82 Å². The van der Waals surface area contributed by atoms with Crippen LogP contribution in [0.5, 0.6) is 0 Å². The van der Waals surface area contributed by atoms with Crippen LogP contribution in [0.3, 0.4) is 0 Å². The van der Waals surface area contributed by atoms with Crippen LogP contribution in [0.15, 0.2) is 61.2 Å². The van der Waals surface area contributed by atoms with E-state index in [4.69, 9.17) is 0 Å². The fraction of sp³-hybridized carbons (Fsp3) is 0.111. The summed E-state index contributed by atoms with van der Waals surface area (Å²) in [5.74, 6) is 0.754. The van der Waals surface area contributed by atoms with Crippen molar-refractivity contribution in [3.63, 3.8) is 0 Å². The highest BCUT2D eigenvalue weighted by Gasteiger charge is 2.11. The molecule has 6 heteroatoms. The molecule has 24 heavy (non-hydrogen) atoms. The lowest BCUT2D eigenvalue weighted by Crippen LogP contribution is -2.04. The molecule has 4 rings (SSSR count). The van der Waals surface area contributed by atoms with Crippen molar-refractivity contribution in [1.29, 1.82) is 0 Å². The molecule has 0 atom stereocenters. The Labute approximate surface area is 139 Å². The standard InChI is InChI=1S/C18H16N6/c1-13-5-4-7-15(9-13)24-18-16(11-23-24)17(21-12-22-18)20-10-14-6-2-3-8-19-14/h2-9,11-12H,10H2,1H3,(H,20,21,22). The Kier molecular flexibility index (Phi) is 3.63. The Balaban J connectivity index is 1.69. The number of aromatic nitrogens is 5. The third-order valence-corrected chi connectivity index (χ3v) is 3.78. The van der Waals surface area contributed by atoms with E-state index >= 15 is 0 Å². The highest BCUT2D eigenvalue weighted by molar-refractivity contribution is 5.87. The first-order valence-corrected chi connectivity index (χ1v) is 7.71. The average molecular weight is 316 g/mol. The number of pyridine rings is 1. The summed E-state index contributed by atoms with van der Waals surface area (Å²) in [4.78, 5) is 13.0. The van der Waals surface area contributed by atoms with Crippen LogP contribution in [0, 0.1) is 6.92 Å². The molecule has 0 unspecified atom stereocenters. The molecule has 0 aliphatic rings. The number of nitrogens with one attached hydrogen (secondary N) is 1. The minimum absolute atomic E-state index is 0.600. The molecule has 4 aromatic rings. The molecule has 0 aliphatic heterocycles. The van der Waals surface area contributed by atoms with Gasteiger partial charge in [0.25, 0.3) is 0 Å². The SMILES string of the molecule is Cc1cccc(-n2ncc3c(NCc4ccccn4)ncnc32)c1. The molecule has 6 nitrogen and oxygen atoms in total. The van der Waals surface area contributed by atoms with Gasteiger partial charge in [-0.15, -0.1) is 0 Å². The van der Waals surface area contributed by atoms with Gasteiger partial charge in [-0.05, 0) is 36.8 Å². The van der Waals surface area contributed by atoms with Crippen molar-refractivity contribution in [3.8, 4) is 5.69 Å². The Morgan fingerprint density at radius 1 is 1.04 bits per heavy atom. The van der Waals surface area contributed by atoms with Crippen molar-refractivity contribution in [2.24, 2.45) is 0 Å². The summed E-state index contributed by atoms with van der Waals surface area (Å²) in [6, 6.07) is 14.0. The van der Waals surface area contributed by atoms with Crippen LogP contribution in [-0.2, 0) is 6.54 Å². The smallest absolute Gasteiger partial charge is 0.168 e. The second-order valence-electron chi connectivity index (χ2n) is 5.53. The molecular formula is C18H16N6. The predicted octanol–water partition coefficient (Wildman–Crippen LogP) is 3.13. The van der Waals surface area contributed by atoms with E-state index in [1.54, 1.807) is 18.7 Å². The molecule has 3 aromatic heterocycles. The summed E-state index contributed by atoms with van der Waals surface area (Å²) >= 11 is 0. The van der Waals surface area contributed by atoms with Gasteiger partial charge in [0.15, 0.2) is 5.65 Å². The van der Waals surface area contributed by atoms with Crippen LogP contribution < -0.4 is 5.32 Å². The number of benzene rings is 1. The summed E-state index contributed by atoms with van der Waals surface area (Å²) in [5.41, 5.74) is 3.90. The Morgan fingerprint density at radius 3 is 2.83 bits per heavy atom. The van der Waals surface area contributed by atoms with Crippen molar-refractivity contribution < 1.29 is 0 Å². The van der Waals surface area contributed by atoms with Gasteiger partial charge in [-0.3, -0.25) is 4.98 Å². The van der Waals surface area contributed by atoms with Gasteiger partial charge in [0.2, 0.25) is 0 Å². The third kappa shape index (κ3) is 2.69. The molecule has 0 amide bonds. The van der Waals surface area contributed by atoms with Gasteiger partial charge in [-0.2, -0.15) is 5.10 Å². The van der Waals surface area contributed by atoms with Crippen LogP contribution >= 0.6 is 0 Å². The van der Waals surface area contributed by atoms with E-state index in [9.17, 15) is 0 Å². The van der Waals surface area contributed by atoms with E-state index in [0.717, 1.165) is 28.2 Å². The number of nitrogens with zero attached hydrogens (tertiary/aromatic N) is 5. The first-order valence-electron chi connectivity index (χ1n) is 7.71. The van der Waals surface area contributed by atoms with E-state index in [2.05, 4.69) is 44.4 Å². The number of anilines is 1. The average Bonchev–Trinajstić information content (AvgIpc) is 3.05. The van der Waals surface area contributed by atoms with Crippen molar-refractivity contribution >= 4 is 16.9 Å². The molecule has 0 saturated carbocycles. The summed E-state index contributed by atoms with van der Waals surface area (Å²) in [6.07, 6.45) is 5.12. The number of fused-ring (bicyclic) bond motifs is 1. The lowest BCUT2D eigenvalue weighted by Gasteiger charge is -2.07. The van der Waals surface area contributed by atoms with E-state index in [1.807, 2.05) is 35.0 Å². The van der Waals surface area contributed by atoms with Gasteiger partial charge in [-0.1, -0.05) is 18.2 Å². The predicted molar refractivity (Wildman–Crippen MR) is 93.0 cm³/mol. The summed E-state index contributed by atoms with van der Waals surface area (Å²) in [6.45, 7) is 2.66. The van der Waals surface area contributed by atoms with Gasteiger partial charge in [0, 0.05) is 6.20 Å². The lowest BCUT2D eigenvalue weighted by atomic mass is 10.2. The molecule has 0 fully saturated rings. The second-order valence-corrected chi connectivity index (χ2v) is 5.53. The summed E-state index contributed by atoms with van der Waals surface area (Å²) in [5, 5.41) is 8.68. The monoisotopic (exact) mass is 316 g/mol. The number of aryl methyl sites for hydroxylation is 1. The fourth-order valence-corrected chi connectivity index (χ4v) is 2.61. The molecule has 0 spiro atoms. The molecule has 1 aromatic carbocycles. The maximum atomic E-state index is 4.48. The normalized spacial score (nSPS) is 10.9. The quantitative estimate of drug-likeness (QED) is 0.626. The van der Waals surface area contributed by atoms with E-state index < -0.39 is 0 Å². The Morgan fingerprint density at radius 2 is 2.00 bits per heavy atom. The minimum atomic E-state index is 0.600. The maximum Gasteiger partial charge on any atom is 0.168 e. The summed E-state index contributed by atoms with van der Waals surface area (Å²) < 4.78 is 1.83. The zero-order valence-electron chi connectivity index (χ0n) is 13.2. The molecule has 3 heterocycles. The van der Waals surface area contributed by atoms with Crippen LogP contribution in [0.25, 0.3) is 16.7 Å². The molecule has 1 N–H and O–H groups in total. The van der Waals surface area contributed by atoms with Gasteiger partial charge in [0.05, 0.1) is 29.5 Å². The number of rotatable bonds is 4. The zero-order chi connectivity index (χ0) is 16.4. The van der Waals surface area contributed by atoms with Gasteiger partial charge in [0.1, 0.15) is 12.1 Å². The highest BCUT2D eigenvalue weighted by Crippen LogP contribution is 2.22. The first kappa shape index (κ1) is 14.3. The van der Waals surface area contributed by atoms with E-state index in [0.29, 0.717) is 6.54 Å². The fourth-order valence-electron chi connectivity index (χ4n) is 2.61. The van der Waals surface area contributed by atoms with Gasteiger partial charge >= 0.3 is 0 Å². The second kappa shape index (κ2) is 6.08. The molecule has 118 valence electrons. The molecule has 0 bridgehead atoms. The summed E-state index contributed by atoms with van der Waals surface area (Å²) in [7, 11) is 0. The van der Waals surface area contributed by atoms with Crippen LogP contribution in [-0.4, -0.2) is 24.7 Å². The van der Waals surface area contributed by atoms with Crippen molar-refractivity contribution in [3.05, 3.63) is 72.4 Å². The van der Waals surface area contributed by atoms with E-state index in [-0.39, 0.29) is 0 Å². The van der Waals surface area contributed by atoms with Gasteiger partial charge in [-0.25, -0.2) is 14.6 Å². The number of hydrogen-bond donors (Lipinski definition) is 1. The van der Waals surface area contributed by atoms with Crippen molar-refractivity contribution in [2.45, 2.75) is 13.5 Å². The van der Waals surface area contributed by atoms with Gasteiger partial charge < -0.3 is 5.32 Å². The van der Waals surface area contributed by atoms with Crippen molar-refractivity contribution in [1.82, 2.24) is 24.7 Å². The van der Waals surface area contributed by atoms with E-state index in [1.165, 1.54) is 5.56 Å². The number of hydrogen-bond acceptors (Lipinski definition) is 5. The zero-order valence-corrected chi connectivity index (χ0v) is 13.2. The molecular weight excluding hydrogens is 300 g/mol. The molecule has 0 saturated heterocycles. The van der Waals surface area contributed by atoms with Crippen LogP contribution in [0.2, 0.25) is 0 Å². The largest absolute Gasteiger partial charge is 0.364 e. The highest BCUT2D eigenvalue weighted by atomic mass is 15.3. The van der Waals surface area contributed by atoms with Crippen LogP contribution in [0.1, 0.15) is 11.3 Å². The Hall–Kier alpha value is -3.28. The maximum absolute atomic E-state index is 4.48. The minimum Gasteiger partial charge on any atom is -0.364 e. The Bertz CT molecular complexity index is 977. The third-order valence-electron chi connectivity index (χ3n) is 3.78. The van der Waals surface area contributed by atoms with Crippen molar-refractivity contribution in [2.75, 3.05) is 5.32 Å².